The van der Waals surface area contributed by atoms with Crippen molar-refractivity contribution in [3.8, 4) is 11.1 Å². The minimum atomic E-state index is -4.46. The summed E-state index contributed by atoms with van der Waals surface area (Å²) in [5.41, 5.74) is 0.208. The molecule has 1 saturated carbocycles. The second-order valence-electron chi connectivity index (χ2n) is 8.96. The van der Waals surface area contributed by atoms with Crippen LogP contribution in [0.25, 0.3) is 11.1 Å². The molecule has 3 heterocycles. The highest BCUT2D eigenvalue weighted by molar-refractivity contribution is 5.91. The smallest absolute Gasteiger partial charge is 0.358 e. The quantitative estimate of drug-likeness (QED) is 0.338. The fourth-order valence-electron chi connectivity index (χ4n) is 4.03. The molecule has 1 aliphatic carbocycles. The van der Waals surface area contributed by atoms with Gasteiger partial charge in [0.15, 0.2) is 11.6 Å². The largest absolute Gasteiger partial charge is 0.401 e. The van der Waals surface area contributed by atoms with E-state index >= 15 is 0 Å². The number of carbonyl (C=O) groups excluding carboxylic acids is 1. The van der Waals surface area contributed by atoms with E-state index in [1.54, 1.807) is 24.7 Å². The number of nitrogens with zero attached hydrogens (tertiary/aromatic N) is 5. The Labute approximate surface area is 208 Å². The highest BCUT2D eigenvalue weighted by Gasteiger charge is 2.66. The molecule has 1 aromatic carbocycles. The number of alkyl halides is 3. The maximum Gasteiger partial charge on any atom is 0.401 e. The number of anilines is 1. The Morgan fingerprint density at radius 3 is 2.51 bits per heavy atom. The third kappa shape index (κ3) is 5.09. The number of amides is 1. The van der Waals surface area contributed by atoms with Gasteiger partial charge in [0.1, 0.15) is 17.1 Å². The molecule has 3 aromatic heterocycles. The number of aryl methyl sites for hydroxylation is 1. The first-order valence-electron chi connectivity index (χ1n) is 11.6. The summed E-state index contributed by atoms with van der Waals surface area (Å²) in [5, 5.41) is 10.1. The van der Waals surface area contributed by atoms with Crippen LogP contribution in [0.3, 0.4) is 0 Å². The molecule has 0 unspecified atom stereocenters. The highest BCUT2D eigenvalue weighted by atomic mass is 19.4. The summed E-state index contributed by atoms with van der Waals surface area (Å²) >= 11 is 0. The van der Waals surface area contributed by atoms with Gasteiger partial charge < -0.3 is 9.84 Å². The van der Waals surface area contributed by atoms with Gasteiger partial charge in [-0.25, -0.2) is 14.4 Å². The van der Waals surface area contributed by atoms with Gasteiger partial charge in [-0.1, -0.05) is 17.3 Å². The van der Waals surface area contributed by atoms with Crippen molar-refractivity contribution in [2.75, 3.05) is 5.32 Å². The number of carbonyl (C=O) groups is 1. The number of halogens is 4. The Morgan fingerprint density at radius 1 is 1.14 bits per heavy atom. The van der Waals surface area contributed by atoms with Crippen molar-refractivity contribution in [3.05, 3.63) is 77.6 Å². The van der Waals surface area contributed by atoms with E-state index in [1.165, 1.54) is 12.1 Å². The predicted octanol–water partition coefficient (Wildman–Crippen LogP) is 4.85. The molecule has 1 amide bonds. The Bertz CT molecular complexity index is 1420. The van der Waals surface area contributed by atoms with Crippen molar-refractivity contribution in [1.29, 1.82) is 0 Å². The number of benzene rings is 1. The molecule has 0 radical (unpaired) electrons. The van der Waals surface area contributed by atoms with Gasteiger partial charge >= 0.3 is 6.18 Å². The lowest BCUT2D eigenvalue weighted by atomic mass is 10.0. The van der Waals surface area contributed by atoms with Crippen LogP contribution in [0.15, 0.2) is 53.6 Å². The van der Waals surface area contributed by atoms with E-state index in [0.717, 1.165) is 18.2 Å². The molecule has 1 N–H and O–H groups in total. The molecule has 0 atom stereocenters. The molecule has 0 saturated heterocycles. The van der Waals surface area contributed by atoms with Gasteiger partial charge in [-0.2, -0.15) is 18.3 Å². The summed E-state index contributed by atoms with van der Waals surface area (Å²) in [4.78, 5) is 21.1. The van der Waals surface area contributed by atoms with Crippen LogP contribution in [0.5, 0.6) is 0 Å². The molecule has 5 rings (SSSR count). The van der Waals surface area contributed by atoms with Crippen LogP contribution in [0, 0.1) is 5.82 Å². The second-order valence-corrected chi connectivity index (χ2v) is 8.96. The molecule has 1 fully saturated rings. The van der Waals surface area contributed by atoms with E-state index in [1.807, 2.05) is 17.8 Å². The van der Waals surface area contributed by atoms with Gasteiger partial charge in [-0.05, 0) is 42.5 Å². The van der Waals surface area contributed by atoms with Crippen LogP contribution in [0.4, 0.5) is 23.4 Å². The fourth-order valence-corrected chi connectivity index (χ4v) is 4.03. The molecule has 1 aliphatic rings. The molecular formula is C25H22F4N6O2. The fraction of sp³-hybridized carbons (Fsp3) is 0.320. The van der Waals surface area contributed by atoms with Crippen LogP contribution in [0.2, 0.25) is 0 Å². The van der Waals surface area contributed by atoms with E-state index in [4.69, 9.17) is 4.52 Å². The highest BCUT2D eigenvalue weighted by Crippen LogP contribution is 2.59. The Kier molecular flexibility index (Phi) is 6.26. The van der Waals surface area contributed by atoms with Gasteiger partial charge in [0.05, 0.1) is 12.6 Å². The van der Waals surface area contributed by atoms with Crippen molar-refractivity contribution < 1.29 is 26.9 Å². The zero-order valence-electron chi connectivity index (χ0n) is 19.7. The van der Waals surface area contributed by atoms with Crippen LogP contribution in [-0.2, 0) is 29.6 Å². The zero-order chi connectivity index (χ0) is 26.2. The SMILES string of the molecule is CCn1cc(Cc2ncc(-c3ccc(CC(=O)Nc4cc(C5(C(F)(F)F)CC5)on4)c(F)c3)cn2)cn1. The van der Waals surface area contributed by atoms with Crippen molar-refractivity contribution in [1.82, 2.24) is 24.9 Å². The Balaban J connectivity index is 1.21. The van der Waals surface area contributed by atoms with E-state index in [2.05, 4.69) is 25.5 Å². The van der Waals surface area contributed by atoms with Gasteiger partial charge in [-0.3, -0.25) is 9.48 Å². The molecule has 4 aromatic rings. The van der Waals surface area contributed by atoms with Crippen LogP contribution in [0.1, 0.15) is 42.5 Å². The normalized spacial score (nSPS) is 14.5. The van der Waals surface area contributed by atoms with Crippen molar-refractivity contribution in [2.24, 2.45) is 0 Å². The maximum absolute atomic E-state index is 14.7. The molecule has 12 heteroatoms. The predicted molar refractivity (Wildman–Crippen MR) is 124 cm³/mol. The lowest BCUT2D eigenvalue weighted by Gasteiger charge is -2.14. The van der Waals surface area contributed by atoms with E-state index in [0.29, 0.717) is 23.4 Å². The minimum Gasteiger partial charge on any atom is -0.358 e. The Morgan fingerprint density at radius 2 is 1.89 bits per heavy atom. The first kappa shape index (κ1) is 24.6. The monoisotopic (exact) mass is 514 g/mol. The van der Waals surface area contributed by atoms with Gasteiger partial charge in [0, 0.05) is 43.2 Å². The van der Waals surface area contributed by atoms with Gasteiger partial charge in [0.2, 0.25) is 5.91 Å². The number of aromatic nitrogens is 5. The third-order valence-corrected chi connectivity index (χ3v) is 6.36. The van der Waals surface area contributed by atoms with Gasteiger partial charge in [-0.15, -0.1) is 0 Å². The lowest BCUT2D eigenvalue weighted by Crippen LogP contribution is -2.28. The number of rotatable bonds is 8. The third-order valence-electron chi connectivity index (χ3n) is 6.36. The summed E-state index contributed by atoms with van der Waals surface area (Å²) in [7, 11) is 0. The summed E-state index contributed by atoms with van der Waals surface area (Å²) in [5.74, 6) is -1.13. The molecular weight excluding hydrogens is 492 g/mol. The standard InChI is InChI=1S/C25H22F4N6O2/c1-2-35-14-15(11-32-35)7-21-30-12-18(13-31-21)16-3-4-17(19(26)8-16)9-23(36)33-22-10-20(37-34-22)24(5-6-24)25(27,28)29/h3-4,8,10-14H,2,5-7,9H2,1H3,(H,33,34,36). The van der Waals surface area contributed by atoms with Crippen molar-refractivity contribution in [2.45, 2.75) is 50.7 Å². The minimum absolute atomic E-state index is 0.0883. The van der Waals surface area contributed by atoms with Gasteiger partial charge in [0.25, 0.3) is 0 Å². The van der Waals surface area contributed by atoms with Crippen LogP contribution >= 0.6 is 0 Å². The summed E-state index contributed by atoms with van der Waals surface area (Å²) < 4.78 is 61.1. The average Bonchev–Trinajstić information content (AvgIpc) is 3.36. The second kappa shape index (κ2) is 9.41. The summed E-state index contributed by atoms with van der Waals surface area (Å²) in [6.07, 6.45) is 2.44. The van der Waals surface area contributed by atoms with Crippen molar-refractivity contribution in [3.63, 3.8) is 0 Å². The first-order valence-corrected chi connectivity index (χ1v) is 11.6. The van der Waals surface area contributed by atoms with E-state index in [-0.39, 0.29) is 36.4 Å². The lowest BCUT2D eigenvalue weighted by molar-refractivity contribution is -0.165. The molecule has 192 valence electrons. The number of hydrogen-bond acceptors (Lipinski definition) is 6. The number of hydrogen-bond donors (Lipinski definition) is 1. The zero-order valence-corrected chi connectivity index (χ0v) is 19.7. The molecule has 37 heavy (non-hydrogen) atoms. The molecule has 8 nitrogen and oxygen atoms in total. The average molecular weight is 514 g/mol. The molecule has 0 spiro atoms. The molecule has 0 aliphatic heterocycles. The first-order chi connectivity index (χ1) is 17.7. The summed E-state index contributed by atoms with van der Waals surface area (Å²) in [6, 6.07) is 5.45. The van der Waals surface area contributed by atoms with Crippen LogP contribution in [-0.4, -0.2) is 37.0 Å². The number of nitrogens with one attached hydrogen (secondary N) is 1. The Hall–Kier alpha value is -4.09. The van der Waals surface area contributed by atoms with Crippen LogP contribution < -0.4 is 5.32 Å². The molecule has 0 bridgehead atoms. The topological polar surface area (TPSA) is 98.7 Å². The van der Waals surface area contributed by atoms with Crippen molar-refractivity contribution >= 4 is 11.7 Å². The van der Waals surface area contributed by atoms with E-state index < -0.39 is 23.3 Å². The summed E-state index contributed by atoms with van der Waals surface area (Å²) in [6.45, 7) is 2.77. The maximum atomic E-state index is 14.7. The van der Waals surface area contributed by atoms with E-state index in [9.17, 15) is 22.4 Å².